The van der Waals surface area contributed by atoms with E-state index in [2.05, 4.69) is 51.3 Å². The van der Waals surface area contributed by atoms with Crippen molar-refractivity contribution in [2.75, 3.05) is 7.05 Å². The summed E-state index contributed by atoms with van der Waals surface area (Å²) in [7, 11) is 1.95. The lowest BCUT2D eigenvalue weighted by molar-refractivity contribution is -0.107. The third-order valence-electron chi connectivity index (χ3n) is 4.72. The van der Waals surface area contributed by atoms with E-state index >= 15 is 0 Å². The summed E-state index contributed by atoms with van der Waals surface area (Å²) in [4.78, 5) is 11.0. The highest BCUT2D eigenvalue weighted by molar-refractivity contribution is 5.58. The Kier molecular flexibility index (Phi) is 6.00. The largest absolute Gasteiger partial charge is 0.391 e. The van der Waals surface area contributed by atoms with E-state index in [1.54, 1.807) is 0 Å². The molecule has 3 nitrogen and oxygen atoms in total. The van der Waals surface area contributed by atoms with Crippen LogP contribution in [-0.4, -0.2) is 24.9 Å². The average molecular weight is 278 g/mol. The Morgan fingerprint density at radius 2 is 2.05 bits per heavy atom. The monoisotopic (exact) mass is 278 g/mol. The molecule has 0 bridgehead atoms. The Balaban J connectivity index is 3.09. The lowest BCUT2D eigenvalue weighted by atomic mass is 9.84. The van der Waals surface area contributed by atoms with E-state index in [9.17, 15) is 4.79 Å². The summed E-state index contributed by atoms with van der Waals surface area (Å²) < 4.78 is 0. The average Bonchev–Trinajstić information content (AvgIpc) is 2.51. The van der Waals surface area contributed by atoms with Gasteiger partial charge in [0.1, 0.15) is 6.29 Å². The first-order valence-corrected chi connectivity index (χ1v) is 7.64. The summed E-state index contributed by atoms with van der Waals surface area (Å²) in [5.74, 6) is 0.592. The van der Waals surface area contributed by atoms with Crippen molar-refractivity contribution >= 4 is 6.29 Å². The van der Waals surface area contributed by atoms with E-state index in [-0.39, 0.29) is 5.54 Å². The second kappa shape index (κ2) is 7.07. The maximum absolute atomic E-state index is 11.0. The molecule has 2 atom stereocenters. The molecule has 1 rings (SSSR count). The molecule has 0 aromatic carbocycles. The van der Waals surface area contributed by atoms with E-state index in [1.165, 1.54) is 11.3 Å². The first-order chi connectivity index (χ1) is 9.34. The van der Waals surface area contributed by atoms with Gasteiger partial charge in [0.25, 0.3) is 0 Å². The number of hydrogen-bond acceptors (Lipinski definition) is 3. The van der Waals surface area contributed by atoms with Crippen molar-refractivity contribution in [3.63, 3.8) is 0 Å². The molecule has 0 saturated carbocycles. The zero-order chi connectivity index (χ0) is 15.3. The van der Waals surface area contributed by atoms with Crippen LogP contribution in [0.25, 0.3) is 0 Å². The van der Waals surface area contributed by atoms with Crippen LogP contribution in [0.1, 0.15) is 53.9 Å². The highest BCUT2D eigenvalue weighted by Gasteiger charge is 2.31. The van der Waals surface area contributed by atoms with E-state index < -0.39 is 0 Å². The van der Waals surface area contributed by atoms with Gasteiger partial charge in [0, 0.05) is 30.7 Å². The van der Waals surface area contributed by atoms with E-state index in [1.807, 2.05) is 7.05 Å². The van der Waals surface area contributed by atoms with Gasteiger partial charge < -0.3 is 15.4 Å². The van der Waals surface area contributed by atoms with Crippen LogP contribution in [0.3, 0.4) is 0 Å². The lowest BCUT2D eigenvalue weighted by Gasteiger charge is -2.37. The predicted octanol–water partition coefficient (Wildman–Crippen LogP) is 3.18. The molecule has 0 aliphatic heterocycles. The Hall–Kier alpha value is -1.09. The van der Waals surface area contributed by atoms with Gasteiger partial charge in [0.15, 0.2) is 0 Å². The fraction of sp³-hybridized carbons (Fsp3) is 0.706. The topological polar surface area (TPSA) is 41.1 Å². The van der Waals surface area contributed by atoms with Gasteiger partial charge >= 0.3 is 0 Å². The molecule has 2 N–H and O–H groups in total. The molecular formula is C17H30N2O. The molecule has 0 aromatic heterocycles. The number of carbonyl (C=O) groups is 1. The molecule has 3 heteroatoms. The number of rotatable bonds is 6. The molecule has 0 heterocycles. The molecule has 0 radical (unpaired) electrons. The number of carbonyl (C=O) groups excluding carboxylic acids is 1. The Morgan fingerprint density at radius 1 is 1.40 bits per heavy atom. The Bertz CT molecular complexity index is 409. The molecule has 0 spiro atoms. The van der Waals surface area contributed by atoms with Crippen molar-refractivity contribution in [2.24, 2.45) is 5.92 Å². The van der Waals surface area contributed by atoms with Gasteiger partial charge in [-0.3, -0.25) is 0 Å². The first kappa shape index (κ1) is 17.0. The fourth-order valence-corrected chi connectivity index (χ4v) is 2.67. The predicted molar refractivity (Wildman–Crippen MR) is 85.6 cm³/mol. The highest BCUT2D eigenvalue weighted by atomic mass is 16.1. The molecule has 1 aliphatic rings. The molecule has 0 amide bonds. The van der Waals surface area contributed by atoms with Crippen molar-refractivity contribution in [1.82, 2.24) is 10.6 Å². The molecule has 0 aromatic rings. The SMILES string of the molecule is CNC1=CC(CC=O)=C(C)[C@@](C)(NC(C)C(C)C)CC1. The van der Waals surface area contributed by atoms with E-state index in [0.717, 1.165) is 24.7 Å². The van der Waals surface area contributed by atoms with Gasteiger partial charge in [0.05, 0.1) is 0 Å². The van der Waals surface area contributed by atoms with Crippen LogP contribution < -0.4 is 10.6 Å². The highest BCUT2D eigenvalue weighted by Crippen LogP contribution is 2.32. The van der Waals surface area contributed by atoms with Crippen LogP contribution >= 0.6 is 0 Å². The van der Waals surface area contributed by atoms with Gasteiger partial charge in [-0.05, 0) is 56.8 Å². The Morgan fingerprint density at radius 3 is 2.55 bits per heavy atom. The second-order valence-electron chi connectivity index (χ2n) is 6.45. The summed E-state index contributed by atoms with van der Waals surface area (Å²) >= 11 is 0. The Labute approximate surface area is 123 Å². The minimum absolute atomic E-state index is 0.0445. The van der Waals surface area contributed by atoms with Crippen LogP contribution in [0.2, 0.25) is 0 Å². The van der Waals surface area contributed by atoms with Gasteiger partial charge in [0.2, 0.25) is 0 Å². The standard InChI is InChI=1S/C17H30N2O/c1-12(2)14(4)19-17(5)9-7-16(18-6)11-15(8-10-20)13(17)3/h10-12,14,18-19H,7-9H2,1-6H3/t14?,17-/m0/s1. The maximum Gasteiger partial charge on any atom is 0.124 e. The zero-order valence-corrected chi connectivity index (χ0v) is 13.8. The van der Waals surface area contributed by atoms with Crippen molar-refractivity contribution in [2.45, 2.75) is 65.5 Å². The third kappa shape index (κ3) is 3.95. The molecule has 0 saturated heterocycles. The minimum atomic E-state index is -0.0445. The molecule has 20 heavy (non-hydrogen) atoms. The quantitative estimate of drug-likeness (QED) is 0.733. The summed E-state index contributed by atoms with van der Waals surface area (Å²) in [5.41, 5.74) is 3.61. The minimum Gasteiger partial charge on any atom is -0.391 e. The summed E-state index contributed by atoms with van der Waals surface area (Å²) in [6.07, 6.45) is 5.69. The van der Waals surface area contributed by atoms with Crippen LogP contribution in [-0.2, 0) is 4.79 Å². The lowest BCUT2D eigenvalue weighted by Crippen LogP contribution is -2.50. The smallest absolute Gasteiger partial charge is 0.124 e. The third-order valence-corrected chi connectivity index (χ3v) is 4.72. The van der Waals surface area contributed by atoms with Crippen molar-refractivity contribution in [3.8, 4) is 0 Å². The molecular weight excluding hydrogens is 248 g/mol. The van der Waals surface area contributed by atoms with Gasteiger partial charge in [-0.25, -0.2) is 0 Å². The number of nitrogens with one attached hydrogen (secondary N) is 2. The zero-order valence-electron chi connectivity index (χ0n) is 13.8. The molecule has 1 aliphatic carbocycles. The van der Waals surface area contributed by atoms with Gasteiger partial charge in [-0.2, -0.15) is 0 Å². The van der Waals surface area contributed by atoms with Gasteiger partial charge in [-0.1, -0.05) is 13.8 Å². The molecule has 1 unspecified atom stereocenters. The van der Waals surface area contributed by atoms with Crippen LogP contribution in [0, 0.1) is 5.92 Å². The van der Waals surface area contributed by atoms with E-state index in [4.69, 9.17) is 0 Å². The van der Waals surface area contributed by atoms with E-state index in [0.29, 0.717) is 18.4 Å². The van der Waals surface area contributed by atoms with Crippen LogP contribution in [0.4, 0.5) is 0 Å². The van der Waals surface area contributed by atoms with Crippen molar-refractivity contribution in [1.29, 1.82) is 0 Å². The van der Waals surface area contributed by atoms with Gasteiger partial charge in [-0.15, -0.1) is 0 Å². The van der Waals surface area contributed by atoms with Crippen LogP contribution in [0.15, 0.2) is 22.9 Å². The number of hydrogen-bond donors (Lipinski definition) is 2. The first-order valence-electron chi connectivity index (χ1n) is 7.64. The number of allylic oxidation sites excluding steroid dienone is 3. The number of aldehydes is 1. The van der Waals surface area contributed by atoms with Crippen molar-refractivity contribution in [3.05, 3.63) is 22.9 Å². The molecule has 114 valence electrons. The molecule has 0 fully saturated rings. The summed E-state index contributed by atoms with van der Waals surface area (Å²) in [6.45, 7) is 11.1. The summed E-state index contributed by atoms with van der Waals surface area (Å²) in [5, 5.41) is 7.03. The summed E-state index contributed by atoms with van der Waals surface area (Å²) in [6, 6.07) is 0.448. The normalized spacial score (nSPS) is 25.2. The fourth-order valence-electron chi connectivity index (χ4n) is 2.67. The second-order valence-corrected chi connectivity index (χ2v) is 6.45. The van der Waals surface area contributed by atoms with Crippen molar-refractivity contribution < 1.29 is 4.79 Å². The van der Waals surface area contributed by atoms with Crippen LogP contribution in [0.5, 0.6) is 0 Å². The maximum atomic E-state index is 11.0.